The molecule has 0 heterocycles. The number of benzene rings is 2. The number of methoxy groups -OCH3 is 1. The van der Waals surface area contributed by atoms with E-state index in [-0.39, 0.29) is 18.4 Å². The van der Waals surface area contributed by atoms with Crippen molar-refractivity contribution in [2.75, 3.05) is 7.11 Å². The van der Waals surface area contributed by atoms with Gasteiger partial charge in [-0.2, -0.15) is 0 Å². The summed E-state index contributed by atoms with van der Waals surface area (Å²) in [5, 5.41) is 10.1. The molecule has 2 aromatic rings. The topological polar surface area (TPSA) is 29.5 Å². The van der Waals surface area contributed by atoms with E-state index in [1.54, 1.807) is 6.07 Å². The Morgan fingerprint density at radius 2 is 1.81 bits per heavy atom. The summed E-state index contributed by atoms with van der Waals surface area (Å²) < 4.78 is 33.2. The van der Waals surface area contributed by atoms with Crippen molar-refractivity contribution in [1.82, 2.24) is 0 Å². The molecule has 0 aliphatic carbocycles. The predicted molar refractivity (Wildman–Crippen MR) is 80.5 cm³/mol. The van der Waals surface area contributed by atoms with Crippen LogP contribution in [0.25, 0.3) is 0 Å². The van der Waals surface area contributed by atoms with E-state index in [1.165, 1.54) is 25.3 Å². The molecule has 2 aromatic carbocycles. The number of aliphatic hydroxyl groups excluding tert-OH is 1. The Morgan fingerprint density at radius 3 is 2.43 bits per heavy atom. The molecule has 0 saturated carbocycles. The van der Waals surface area contributed by atoms with Crippen molar-refractivity contribution in [3.05, 3.63) is 63.6 Å². The maximum atomic E-state index is 13.6. The van der Waals surface area contributed by atoms with Crippen molar-refractivity contribution in [3.63, 3.8) is 0 Å². The highest BCUT2D eigenvalue weighted by atomic mass is 79.9. The van der Waals surface area contributed by atoms with Gasteiger partial charge < -0.3 is 9.84 Å². The molecule has 1 unspecified atom stereocenters. The molecular weight excluding hydrogens is 342 g/mol. The number of halogens is 3. The fourth-order valence-electron chi connectivity index (χ4n) is 2.20. The minimum absolute atomic E-state index is 0.0891. The molecule has 0 spiro atoms. The van der Waals surface area contributed by atoms with Gasteiger partial charge in [0.2, 0.25) is 0 Å². The molecule has 0 amide bonds. The highest BCUT2D eigenvalue weighted by molar-refractivity contribution is 9.10. The number of hydrogen-bond acceptors (Lipinski definition) is 2. The molecule has 21 heavy (non-hydrogen) atoms. The summed E-state index contributed by atoms with van der Waals surface area (Å²) in [6, 6.07) is 9.09. The van der Waals surface area contributed by atoms with Crippen LogP contribution in [-0.2, 0) is 12.8 Å². The third-order valence-electron chi connectivity index (χ3n) is 3.20. The molecule has 2 rings (SSSR count). The highest BCUT2D eigenvalue weighted by Gasteiger charge is 2.16. The Kier molecular flexibility index (Phi) is 5.31. The Hall–Kier alpha value is -1.46. The van der Waals surface area contributed by atoms with E-state index in [9.17, 15) is 13.9 Å². The molecule has 1 N–H and O–H groups in total. The van der Waals surface area contributed by atoms with Crippen molar-refractivity contribution in [2.24, 2.45) is 0 Å². The lowest BCUT2D eigenvalue weighted by molar-refractivity contribution is 0.171. The summed E-state index contributed by atoms with van der Waals surface area (Å²) in [4.78, 5) is 0. The Bertz CT molecular complexity index is 611. The molecule has 5 heteroatoms. The van der Waals surface area contributed by atoms with Crippen molar-refractivity contribution in [3.8, 4) is 5.75 Å². The summed E-state index contributed by atoms with van der Waals surface area (Å²) in [6.45, 7) is 0. The molecule has 0 aromatic heterocycles. The molecule has 0 saturated heterocycles. The molecule has 0 bridgehead atoms. The van der Waals surface area contributed by atoms with Crippen LogP contribution in [0, 0.1) is 11.6 Å². The fourth-order valence-corrected chi connectivity index (χ4v) is 2.60. The lowest BCUT2D eigenvalue weighted by Gasteiger charge is -2.14. The van der Waals surface area contributed by atoms with Gasteiger partial charge in [0.1, 0.15) is 17.4 Å². The van der Waals surface area contributed by atoms with Crippen LogP contribution in [0.15, 0.2) is 40.9 Å². The van der Waals surface area contributed by atoms with E-state index in [0.717, 1.165) is 10.0 Å². The summed E-state index contributed by atoms with van der Waals surface area (Å²) in [7, 11) is 1.54. The molecule has 112 valence electrons. The average molecular weight is 357 g/mol. The average Bonchev–Trinajstić information content (AvgIpc) is 2.43. The number of hydrogen-bond donors (Lipinski definition) is 1. The van der Waals surface area contributed by atoms with E-state index >= 15 is 0 Å². The van der Waals surface area contributed by atoms with Crippen LogP contribution in [0.3, 0.4) is 0 Å². The van der Waals surface area contributed by atoms with Crippen molar-refractivity contribution in [2.45, 2.75) is 18.9 Å². The first kappa shape index (κ1) is 15.9. The van der Waals surface area contributed by atoms with Gasteiger partial charge in [-0.3, -0.25) is 0 Å². The zero-order valence-corrected chi connectivity index (χ0v) is 13.0. The second kappa shape index (κ2) is 7.00. The van der Waals surface area contributed by atoms with Gasteiger partial charge in [-0.15, -0.1) is 0 Å². The summed E-state index contributed by atoms with van der Waals surface area (Å²) in [5.74, 6) is -0.656. The number of ether oxygens (including phenoxy) is 1. The molecule has 1 atom stereocenters. The van der Waals surface area contributed by atoms with E-state index in [4.69, 9.17) is 4.74 Å². The minimum Gasteiger partial charge on any atom is -0.496 e. The van der Waals surface area contributed by atoms with Crippen LogP contribution in [0.1, 0.15) is 11.1 Å². The predicted octanol–water partition coefficient (Wildman–Crippen LogP) is 3.88. The van der Waals surface area contributed by atoms with Gasteiger partial charge in [-0.05, 0) is 35.9 Å². The first-order valence-corrected chi connectivity index (χ1v) is 7.24. The van der Waals surface area contributed by atoms with Crippen molar-refractivity contribution < 1.29 is 18.6 Å². The smallest absolute Gasteiger partial charge is 0.129 e. The number of rotatable bonds is 5. The SMILES string of the molecule is COc1ccc(Br)cc1CC(O)Cc1c(F)cccc1F. The molecule has 0 radical (unpaired) electrons. The standard InChI is InChI=1S/C16H15BrF2O2/c1-21-16-6-5-11(17)7-10(16)8-12(20)9-13-14(18)3-2-4-15(13)19/h2-7,12,20H,8-9H2,1H3. The van der Waals surface area contributed by atoms with E-state index < -0.39 is 17.7 Å². The van der Waals surface area contributed by atoms with Crippen LogP contribution >= 0.6 is 15.9 Å². The third-order valence-corrected chi connectivity index (χ3v) is 3.69. The Morgan fingerprint density at radius 1 is 1.14 bits per heavy atom. The van der Waals surface area contributed by atoms with Gasteiger partial charge in [-0.25, -0.2) is 8.78 Å². The molecular formula is C16H15BrF2O2. The molecule has 0 aliphatic heterocycles. The normalized spacial score (nSPS) is 12.2. The molecule has 0 fully saturated rings. The lowest BCUT2D eigenvalue weighted by Crippen LogP contribution is -2.16. The maximum absolute atomic E-state index is 13.6. The van der Waals surface area contributed by atoms with Crippen molar-refractivity contribution in [1.29, 1.82) is 0 Å². The summed E-state index contributed by atoms with van der Waals surface area (Å²) >= 11 is 3.35. The van der Waals surface area contributed by atoms with Crippen molar-refractivity contribution >= 4 is 15.9 Å². The van der Waals surface area contributed by atoms with Gasteiger partial charge >= 0.3 is 0 Å². The van der Waals surface area contributed by atoms with Gasteiger partial charge in [0.15, 0.2) is 0 Å². The van der Waals surface area contributed by atoms with E-state index in [1.807, 2.05) is 12.1 Å². The lowest BCUT2D eigenvalue weighted by atomic mass is 10.00. The quantitative estimate of drug-likeness (QED) is 0.880. The summed E-state index contributed by atoms with van der Waals surface area (Å²) in [5.41, 5.74) is 0.676. The summed E-state index contributed by atoms with van der Waals surface area (Å²) in [6.07, 6.45) is -0.746. The van der Waals surface area contributed by atoms with Gasteiger partial charge in [0.25, 0.3) is 0 Å². The molecule has 0 aliphatic rings. The largest absolute Gasteiger partial charge is 0.496 e. The third kappa shape index (κ3) is 4.02. The first-order chi connectivity index (χ1) is 10.0. The second-order valence-electron chi connectivity index (χ2n) is 4.72. The second-order valence-corrected chi connectivity index (χ2v) is 5.63. The van der Waals surface area contributed by atoms with Crippen LogP contribution in [0.5, 0.6) is 5.75 Å². The highest BCUT2D eigenvalue weighted by Crippen LogP contribution is 2.25. The van der Waals surface area contributed by atoms with Gasteiger partial charge in [0, 0.05) is 22.9 Å². The number of aliphatic hydroxyl groups is 1. The van der Waals surface area contributed by atoms with E-state index in [2.05, 4.69) is 15.9 Å². The minimum atomic E-state index is -0.903. The van der Waals surface area contributed by atoms with Crippen LogP contribution in [-0.4, -0.2) is 18.3 Å². The van der Waals surface area contributed by atoms with Crippen LogP contribution in [0.2, 0.25) is 0 Å². The molecule has 2 nitrogen and oxygen atoms in total. The van der Waals surface area contributed by atoms with Crippen LogP contribution < -0.4 is 4.74 Å². The maximum Gasteiger partial charge on any atom is 0.129 e. The Labute approximate surface area is 130 Å². The van der Waals surface area contributed by atoms with E-state index in [0.29, 0.717) is 5.75 Å². The Balaban J connectivity index is 2.15. The zero-order valence-electron chi connectivity index (χ0n) is 11.4. The van der Waals surface area contributed by atoms with Gasteiger partial charge in [0.05, 0.1) is 13.2 Å². The zero-order chi connectivity index (χ0) is 15.4. The first-order valence-electron chi connectivity index (χ1n) is 6.44. The monoisotopic (exact) mass is 356 g/mol. The van der Waals surface area contributed by atoms with Crippen LogP contribution in [0.4, 0.5) is 8.78 Å². The fraction of sp³-hybridized carbons (Fsp3) is 0.250. The van der Waals surface area contributed by atoms with Gasteiger partial charge in [-0.1, -0.05) is 22.0 Å².